The summed E-state index contributed by atoms with van der Waals surface area (Å²) in [6, 6.07) is 6.04. The zero-order valence-corrected chi connectivity index (χ0v) is 15.2. The minimum atomic E-state index is -0.283. The van der Waals surface area contributed by atoms with Gasteiger partial charge in [-0.15, -0.1) is 0 Å². The predicted octanol–water partition coefficient (Wildman–Crippen LogP) is 3.03. The maximum absolute atomic E-state index is 5.69. The van der Waals surface area contributed by atoms with Crippen molar-refractivity contribution in [1.29, 1.82) is 0 Å². The maximum Gasteiger partial charge on any atom is 0.258 e. The van der Waals surface area contributed by atoms with Crippen LogP contribution in [-0.2, 0) is 14.9 Å². The third kappa shape index (κ3) is 2.95. The molecule has 2 aliphatic rings. The van der Waals surface area contributed by atoms with E-state index in [1.807, 2.05) is 12.1 Å². The normalized spacial score (nSPS) is 22.3. The Balaban J connectivity index is 1.70. The molecule has 0 spiro atoms. The molecule has 0 unspecified atom stereocenters. The lowest BCUT2D eigenvalue weighted by Gasteiger charge is -2.26. The molecular formula is C19H24N2O5. The van der Waals surface area contributed by atoms with E-state index in [9.17, 15) is 0 Å². The molecule has 1 aliphatic carbocycles. The Kier molecular flexibility index (Phi) is 4.82. The van der Waals surface area contributed by atoms with Crippen molar-refractivity contribution < 1.29 is 23.5 Å². The lowest BCUT2D eigenvalue weighted by Crippen LogP contribution is -2.26. The van der Waals surface area contributed by atoms with Crippen molar-refractivity contribution in [2.45, 2.75) is 37.2 Å². The van der Waals surface area contributed by atoms with Gasteiger partial charge in [-0.05, 0) is 30.5 Å². The lowest BCUT2D eigenvalue weighted by atomic mass is 9.78. The topological polar surface area (TPSA) is 75.8 Å². The number of benzene rings is 1. The van der Waals surface area contributed by atoms with Gasteiger partial charge < -0.3 is 23.5 Å². The summed E-state index contributed by atoms with van der Waals surface area (Å²) in [7, 11) is 3.29. The first-order chi connectivity index (χ1) is 12.8. The molecule has 1 saturated carbocycles. The van der Waals surface area contributed by atoms with Gasteiger partial charge in [-0.25, -0.2) is 0 Å². The lowest BCUT2D eigenvalue weighted by molar-refractivity contribution is -0.101. The largest absolute Gasteiger partial charge is 0.493 e. The Morgan fingerprint density at radius 3 is 2.58 bits per heavy atom. The standard InChI is InChI=1S/C19H24N2O5/c1-22-14-6-5-13(11-15(14)23-2)19(7-3-4-8-19)18-20-17(26-21-18)16-12-24-9-10-25-16/h5-6,11,16H,3-4,7-10,12H2,1-2H3/t16-/m0/s1. The average Bonchev–Trinajstić information content (AvgIpc) is 3.38. The Labute approximate surface area is 152 Å². The third-order valence-electron chi connectivity index (χ3n) is 5.35. The van der Waals surface area contributed by atoms with Crippen LogP contribution < -0.4 is 9.47 Å². The van der Waals surface area contributed by atoms with Crippen LogP contribution in [0, 0.1) is 0 Å². The average molecular weight is 360 g/mol. The summed E-state index contributed by atoms with van der Waals surface area (Å²) in [5.41, 5.74) is 0.859. The molecule has 2 heterocycles. The number of hydrogen-bond donors (Lipinski definition) is 0. The van der Waals surface area contributed by atoms with Crippen LogP contribution in [0.1, 0.15) is 49.1 Å². The molecule has 26 heavy (non-hydrogen) atoms. The van der Waals surface area contributed by atoms with Crippen LogP contribution in [0.15, 0.2) is 22.7 Å². The number of rotatable bonds is 5. The molecule has 0 radical (unpaired) electrons. The van der Waals surface area contributed by atoms with E-state index < -0.39 is 0 Å². The van der Waals surface area contributed by atoms with Crippen LogP contribution in [0.2, 0.25) is 0 Å². The molecule has 140 valence electrons. The first-order valence-corrected chi connectivity index (χ1v) is 9.03. The van der Waals surface area contributed by atoms with E-state index in [1.54, 1.807) is 14.2 Å². The van der Waals surface area contributed by atoms with Crippen LogP contribution >= 0.6 is 0 Å². The summed E-state index contributed by atoms with van der Waals surface area (Å²) in [5.74, 6) is 2.63. The quantitative estimate of drug-likeness (QED) is 0.811. The van der Waals surface area contributed by atoms with Crippen molar-refractivity contribution in [1.82, 2.24) is 10.1 Å². The molecule has 7 heteroatoms. The molecule has 0 bridgehead atoms. The summed E-state index contributed by atoms with van der Waals surface area (Å²) in [6.45, 7) is 1.60. The van der Waals surface area contributed by atoms with Crippen molar-refractivity contribution in [2.75, 3.05) is 34.0 Å². The minimum absolute atomic E-state index is 0.267. The fourth-order valence-corrected chi connectivity index (χ4v) is 3.94. The van der Waals surface area contributed by atoms with Gasteiger partial charge in [-0.3, -0.25) is 0 Å². The van der Waals surface area contributed by atoms with Gasteiger partial charge in [0.1, 0.15) is 0 Å². The van der Waals surface area contributed by atoms with E-state index in [0.29, 0.717) is 43.0 Å². The first kappa shape index (κ1) is 17.3. The Hall–Kier alpha value is -2.12. The first-order valence-electron chi connectivity index (χ1n) is 9.03. The second kappa shape index (κ2) is 7.25. The smallest absolute Gasteiger partial charge is 0.258 e. The van der Waals surface area contributed by atoms with Gasteiger partial charge in [0.2, 0.25) is 0 Å². The van der Waals surface area contributed by atoms with E-state index in [1.165, 1.54) is 0 Å². The van der Waals surface area contributed by atoms with Crippen molar-refractivity contribution in [3.05, 3.63) is 35.5 Å². The molecule has 0 N–H and O–H groups in total. The fourth-order valence-electron chi connectivity index (χ4n) is 3.94. The molecule has 1 aliphatic heterocycles. The highest BCUT2D eigenvalue weighted by Crippen LogP contribution is 2.47. The van der Waals surface area contributed by atoms with E-state index in [0.717, 1.165) is 31.2 Å². The summed E-state index contributed by atoms with van der Waals surface area (Å²) in [6.07, 6.45) is 3.92. The number of aromatic nitrogens is 2. The monoisotopic (exact) mass is 360 g/mol. The molecule has 1 atom stereocenters. The third-order valence-corrected chi connectivity index (χ3v) is 5.35. The molecule has 0 amide bonds. The summed E-state index contributed by atoms with van der Waals surface area (Å²) >= 11 is 0. The summed E-state index contributed by atoms with van der Waals surface area (Å²) in [4.78, 5) is 4.71. The van der Waals surface area contributed by atoms with Crippen LogP contribution in [0.4, 0.5) is 0 Å². The molecule has 2 aromatic rings. The van der Waals surface area contributed by atoms with Crippen molar-refractivity contribution in [3.63, 3.8) is 0 Å². The summed E-state index contributed by atoms with van der Waals surface area (Å²) in [5, 5.41) is 4.33. The molecule has 1 aromatic carbocycles. The summed E-state index contributed by atoms with van der Waals surface area (Å²) < 4.78 is 27.5. The fraction of sp³-hybridized carbons (Fsp3) is 0.579. The Morgan fingerprint density at radius 2 is 1.88 bits per heavy atom. The highest BCUT2D eigenvalue weighted by atomic mass is 16.6. The molecule has 1 saturated heterocycles. The maximum atomic E-state index is 5.69. The number of nitrogens with zero attached hydrogens (tertiary/aromatic N) is 2. The van der Waals surface area contributed by atoms with Crippen molar-refractivity contribution in [2.24, 2.45) is 0 Å². The van der Waals surface area contributed by atoms with Gasteiger partial charge in [0, 0.05) is 0 Å². The van der Waals surface area contributed by atoms with Crippen molar-refractivity contribution >= 4 is 0 Å². The Bertz CT molecular complexity index is 748. The van der Waals surface area contributed by atoms with Gasteiger partial charge in [0.15, 0.2) is 23.4 Å². The van der Waals surface area contributed by atoms with Crippen LogP contribution in [0.5, 0.6) is 11.5 Å². The van der Waals surface area contributed by atoms with E-state index in [2.05, 4.69) is 11.2 Å². The SMILES string of the molecule is COc1ccc(C2(c3noc([C@@H]4COCCO4)n3)CCCC2)cc1OC. The van der Waals surface area contributed by atoms with Gasteiger partial charge in [-0.1, -0.05) is 24.1 Å². The second-order valence-corrected chi connectivity index (χ2v) is 6.75. The van der Waals surface area contributed by atoms with Gasteiger partial charge in [-0.2, -0.15) is 4.98 Å². The van der Waals surface area contributed by atoms with Gasteiger partial charge in [0.05, 0.1) is 39.5 Å². The number of ether oxygens (including phenoxy) is 4. The number of methoxy groups -OCH3 is 2. The second-order valence-electron chi connectivity index (χ2n) is 6.75. The van der Waals surface area contributed by atoms with E-state index in [4.69, 9.17) is 28.5 Å². The Morgan fingerprint density at radius 1 is 1.08 bits per heavy atom. The molecule has 1 aromatic heterocycles. The highest BCUT2D eigenvalue weighted by molar-refractivity contribution is 5.47. The van der Waals surface area contributed by atoms with E-state index in [-0.39, 0.29) is 11.5 Å². The zero-order valence-electron chi connectivity index (χ0n) is 15.2. The zero-order chi connectivity index (χ0) is 18.0. The van der Waals surface area contributed by atoms with E-state index >= 15 is 0 Å². The predicted molar refractivity (Wildman–Crippen MR) is 92.6 cm³/mol. The van der Waals surface area contributed by atoms with Crippen LogP contribution in [-0.4, -0.2) is 44.2 Å². The molecule has 2 fully saturated rings. The molecular weight excluding hydrogens is 336 g/mol. The molecule has 4 rings (SSSR count). The van der Waals surface area contributed by atoms with Crippen LogP contribution in [0.3, 0.4) is 0 Å². The van der Waals surface area contributed by atoms with Gasteiger partial charge >= 0.3 is 0 Å². The highest BCUT2D eigenvalue weighted by Gasteiger charge is 2.42. The van der Waals surface area contributed by atoms with Crippen LogP contribution in [0.25, 0.3) is 0 Å². The van der Waals surface area contributed by atoms with Crippen molar-refractivity contribution in [3.8, 4) is 11.5 Å². The minimum Gasteiger partial charge on any atom is -0.493 e. The number of hydrogen-bond acceptors (Lipinski definition) is 7. The molecule has 7 nitrogen and oxygen atoms in total. The van der Waals surface area contributed by atoms with Gasteiger partial charge in [0.25, 0.3) is 5.89 Å².